The summed E-state index contributed by atoms with van der Waals surface area (Å²) in [6.45, 7) is 0.539. The topological polar surface area (TPSA) is 114 Å². The van der Waals surface area contributed by atoms with E-state index in [4.69, 9.17) is 14.2 Å². The second kappa shape index (κ2) is 13.1. The largest absolute Gasteiger partial charge is 0.493 e. The molecule has 3 aromatic carbocycles. The molecule has 0 bridgehead atoms. The third kappa shape index (κ3) is 6.63. The van der Waals surface area contributed by atoms with Gasteiger partial charge >= 0.3 is 6.03 Å². The van der Waals surface area contributed by atoms with Gasteiger partial charge in [-0.05, 0) is 62.6 Å². The molecular weight excluding hydrogens is 588 g/mol. The Morgan fingerprint density at radius 1 is 0.956 bits per heavy atom. The minimum Gasteiger partial charge on any atom is -0.493 e. The molecule has 1 atom stereocenters. The summed E-state index contributed by atoms with van der Waals surface area (Å²) in [5.74, 6) is -3.01. The van der Waals surface area contributed by atoms with Crippen molar-refractivity contribution < 1.29 is 37.4 Å². The van der Waals surface area contributed by atoms with Gasteiger partial charge in [-0.3, -0.25) is 14.6 Å². The van der Waals surface area contributed by atoms with Crippen LogP contribution in [0, 0.1) is 17.6 Å². The van der Waals surface area contributed by atoms with Crippen molar-refractivity contribution in [3.63, 3.8) is 0 Å². The van der Waals surface area contributed by atoms with Gasteiger partial charge in [0.1, 0.15) is 17.5 Å². The first-order valence-corrected chi connectivity index (χ1v) is 13.9. The van der Waals surface area contributed by atoms with Crippen molar-refractivity contribution in [1.29, 1.82) is 0 Å². The molecule has 4 amide bonds. The van der Waals surface area contributed by atoms with Gasteiger partial charge in [-0.2, -0.15) is 0 Å². The first-order chi connectivity index (χ1) is 21.6. The number of benzene rings is 3. The van der Waals surface area contributed by atoms with E-state index in [1.807, 2.05) is 19.0 Å². The number of imide groups is 1. The first-order valence-electron chi connectivity index (χ1n) is 13.9. The van der Waals surface area contributed by atoms with Crippen LogP contribution in [-0.4, -0.2) is 80.6 Å². The second-order valence-corrected chi connectivity index (χ2v) is 10.5. The monoisotopic (exact) mass is 619 g/mol. The van der Waals surface area contributed by atoms with Crippen LogP contribution in [0.2, 0.25) is 0 Å². The molecule has 0 saturated carbocycles. The maximum atomic E-state index is 15.3. The zero-order chi connectivity index (χ0) is 32.2. The minimum atomic E-state index is -1.30. The summed E-state index contributed by atoms with van der Waals surface area (Å²) >= 11 is 0. The van der Waals surface area contributed by atoms with Crippen LogP contribution < -0.4 is 24.4 Å². The fourth-order valence-corrected chi connectivity index (χ4v) is 4.84. The van der Waals surface area contributed by atoms with Gasteiger partial charge in [-0.1, -0.05) is 0 Å². The zero-order valence-corrected chi connectivity index (χ0v) is 25.0. The highest BCUT2D eigenvalue weighted by atomic mass is 19.1. The van der Waals surface area contributed by atoms with E-state index in [9.17, 15) is 18.8 Å². The molecule has 0 spiro atoms. The van der Waals surface area contributed by atoms with E-state index < -0.39 is 35.4 Å². The molecule has 234 valence electrons. The Kier molecular flexibility index (Phi) is 9.09. The fourth-order valence-electron chi connectivity index (χ4n) is 4.84. The summed E-state index contributed by atoms with van der Waals surface area (Å²) in [6, 6.07) is 13.0. The highest BCUT2D eigenvalue weighted by Crippen LogP contribution is 2.37. The van der Waals surface area contributed by atoms with Crippen LogP contribution in [0.4, 0.5) is 25.0 Å². The Bertz CT molecular complexity index is 1750. The molecular formula is C32H31F2N5O6. The van der Waals surface area contributed by atoms with Gasteiger partial charge in [-0.25, -0.2) is 18.5 Å². The Morgan fingerprint density at radius 2 is 1.67 bits per heavy atom. The van der Waals surface area contributed by atoms with Gasteiger partial charge in [0, 0.05) is 49.0 Å². The first kappa shape index (κ1) is 31.1. The molecule has 1 aliphatic rings. The van der Waals surface area contributed by atoms with Crippen LogP contribution in [0.3, 0.4) is 0 Å². The van der Waals surface area contributed by atoms with E-state index in [2.05, 4.69) is 10.3 Å². The molecule has 1 saturated heterocycles. The molecule has 1 aliphatic heterocycles. The molecule has 1 aromatic heterocycles. The Hall–Kier alpha value is -5.30. The van der Waals surface area contributed by atoms with Crippen LogP contribution >= 0.6 is 0 Å². The molecule has 2 heterocycles. The number of hydrogen-bond acceptors (Lipinski definition) is 8. The number of amides is 4. The van der Waals surface area contributed by atoms with E-state index >= 15 is 4.39 Å². The standard InChI is InChI=1S/C32H31F2N5O6/c1-37(2)13-14-38-18-23(31(41)39(32(38)42)21-8-5-19(33)6-9-21)30(40)36-20-7-10-27(24(34)15-20)45-26-11-12-35-25-17-29(44-4)28(43-3)16-22(25)26/h5-12,15-17,23H,13-14,18H2,1-4H3,(H,36,40). The number of ether oxygens (including phenoxy) is 3. The summed E-state index contributed by atoms with van der Waals surface area (Å²) in [5.41, 5.74) is 0.749. The number of likely N-dealkylation sites (N-methyl/N-ethyl adjacent to an activating group) is 1. The zero-order valence-electron chi connectivity index (χ0n) is 25.0. The predicted octanol–water partition coefficient (Wildman–Crippen LogP) is 4.91. The third-order valence-electron chi connectivity index (χ3n) is 7.23. The molecule has 0 aliphatic carbocycles. The van der Waals surface area contributed by atoms with Gasteiger partial charge in [0.05, 0.1) is 25.4 Å². The normalized spacial score (nSPS) is 15.0. The Morgan fingerprint density at radius 3 is 2.33 bits per heavy atom. The van der Waals surface area contributed by atoms with Crippen LogP contribution in [0.5, 0.6) is 23.0 Å². The quantitative estimate of drug-likeness (QED) is 0.249. The lowest BCUT2D eigenvalue weighted by Gasteiger charge is -2.38. The number of urea groups is 1. The highest BCUT2D eigenvalue weighted by molar-refractivity contribution is 6.23. The van der Waals surface area contributed by atoms with E-state index in [1.54, 1.807) is 18.2 Å². The molecule has 11 nitrogen and oxygen atoms in total. The lowest BCUT2D eigenvalue weighted by Crippen LogP contribution is -2.60. The van der Waals surface area contributed by atoms with Crippen molar-refractivity contribution in [2.24, 2.45) is 5.92 Å². The molecule has 4 aromatic rings. The number of aromatic nitrogens is 1. The van der Waals surface area contributed by atoms with E-state index in [0.717, 1.165) is 23.1 Å². The molecule has 1 unspecified atom stereocenters. The predicted molar refractivity (Wildman–Crippen MR) is 163 cm³/mol. The second-order valence-electron chi connectivity index (χ2n) is 10.5. The maximum absolute atomic E-state index is 15.3. The number of carbonyl (C=O) groups excluding carboxylic acids is 3. The number of nitrogens with one attached hydrogen (secondary N) is 1. The maximum Gasteiger partial charge on any atom is 0.331 e. The fraction of sp³-hybridized carbons (Fsp3) is 0.250. The SMILES string of the molecule is COc1cc2nccc(Oc3ccc(NC(=O)C4CN(CCN(C)C)C(=O)N(c5ccc(F)cc5)C4=O)cc3F)c2cc1OC. The Labute approximate surface area is 257 Å². The summed E-state index contributed by atoms with van der Waals surface area (Å²) in [4.78, 5) is 48.5. The Balaban J connectivity index is 1.36. The lowest BCUT2D eigenvalue weighted by atomic mass is 10.0. The van der Waals surface area contributed by atoms with Gasteiger partial charge in [0.15, 0.2) is 23.1 Å². The number of nitrogens with zero attached hydrogens (tertiary/aromatic N) is 4. The molecule has 45 heavy (non-hydrogen) atoms. The molecule has 1 N–H and O–H groups in total. The number of halogens is 2. The number of methoxy groups -OCH3 is 2. The summed E-state index contributed by atoms with van der Waals surface area (Å²) in [7, 11) is 6.66. The number of hydrogen-bond donors (Lipinski definition) is 1. The van der Waals surface area contributed by atoms with Crippen molar-refractivity contribution in [3.8, 4) is 23.0 Å². The number of fused-ring (bicyclic) bond motifs is 1. The summed E-state index contributed by atoms with van der Waals surface area (Å²) in [6.07, 6.45) is 1.51. The van der Waals surface area contributed by atoms with Crippen molar-refractivity contribution >= 4 is 40.1 Å². The van der Waals surface area contributed by atoms with Gasteiger partial charge in [0.25, 0.3) is 0 Å². The van der Waals surface area contributed by atoms with Crippen molar-refractivity contribution in [1.82, 2.24) is 14.8 Å². The minimum absolute atomic E-state index is 0.0775. The summed E-state index contributed by atoms with van der Waals surface area (Å²) < 4.78 is 45.4. The average molecular weight is 620 g/mol. The highest BCUT2D eigenvalue weighted by Gasteiger charge is 2.43. The molecule has 1 fully saturated rings. The smallest absolute Gasteiger partial charge is 0.331 e. The van der Waals surface area contributed by atoms with E-state index in [0.29, 0.717) is 34.7 Å². The van der Waals surface area contributed by atoms with Crippen LogP contribution in [0.25, 0.3) is 10.9 Å². The van der Waals surface area contributed by atoms with Crippen LogP contribution in [0.1, 0.15) is 0 Å². The number of pyridine rings is 1. The van der Waals surface area contributed by atoms with Crippen LogP contribution in [0.15, 0.2) is 66.9 Å². The van der Waals surface area contributed by atoms with Gasteiger partial charge in [0.2, 0.25) is 11.8 Å². The number of carbonyl (C=O) groups is 3. The van der Waals surface area contributed by atoms with Crippen molar-refractivity contribution in [3.05, 3.63) is 78.5 Å². The number of rotatable bonds is 10. The van der Waals surface area contributed by atoms with Crippen molar-refractivity contribution in [2.45, 2.75) is 0 Å². The van der Waals surface area contributed by atoms with Gasteiger partial charge < -0.3 is 29.3 Å². The van der Waals surface area contributed by atoms with E-state index in [-0.39, 0.29) is 30.2 Å². The molecule has 0 radical (unpaired) electrons. The lowest BCUT2D eigenvalue weighted by molar-refractivity contribution is -0.132. The average Bonchev–Trinajstić information content (AvgIpc) is 3.02. The third-order valence-corrected chi connectivity index (χ3v) is 7.23. The van der Waals surface area contributed by atoms with E-state index in [1.165, 1.54) is 49.6 Å². The molecule has 5 rings (SSSR count). The summed E-state index contributed by atoms with van der Waals surface area (Å²) in [5, 5.41) is 3.14. The van der Waals surface area contributed by atoms with Gasteiger partial charge in [-0.15, -0.1) is 0 Å². The van der Waals surface area contributed by atoms with Crippen molar-refractivity contribution in [2.75, 3.05) is 58.2 Å². The number of anilines is 2. The molecule has 13 heteroatoms. The van der Waals surface area contributed by atoms with Crippen LogP contribution in [-0.2, 0) is 9.59 Å².